The second kappa shape index (κ2) is 15.6. The van der Waals surface area contributed by atoms with Crippen LogP contribution in [0.5, 0.6) is 23.1 Å². The van der Waals surface area contributed by atoms with Gasteiger partial charge in [0.1, 0.15) is 13.2 Å². The number of carbonyl (C=O) groups is 1. The zero-order valence-corrected chi connectivity index (χ0v) is 25.9. The molecule has 0 aliphatic rings. The first-order valence-electron chi connectivity index (χ1n) is 13.5. The number of ether oxygens (including phenoxy) is 4. The largest absolute Gasteiger partial charge is 0.493 e. The van der Waals surface area contributed by atoms with E-state index in [0.717, 1.165) is 5.56 Å². The molecule has 0 radical (unpaired) electrons. The van der Waals surface area contributed by atoms with Gasteiger partial charge < -0.3 is 24.1 Å². The van der Waals surface area contributed by atoms with Crippen molar-refractivity contribution in [3.8, 4) is 34.8 Å². The molecule has 0 unspecified atom stereocenters. The minimum atomic E-state index is -4.17. The molecule has 0 saturated carbocycles. The van der Waals surface area contributed by atoms with E-state index in [9.17, 15) is 13.2 Å². The highest BCUT2D eigenvalue weighted by Crippen LogP contribution is 2.41. The molecule has 0 fully saturated rings. The Morgan fingerprint density at radius 2 is 1.55 bits per heavy atom. The van der Waals surface area contributed by atoms with Gasteiger partial charge in [-0.2, -0.15) is 4.98 Å². The summed E-state index contributed by atoms with van der Waals surface area (Å²) in [6.07, 6.45) is 2.98. The van der Waals surface area contributed by atoms with Crippen molar-refractivity contribution in [1.82, 2.24) is 19.9 Å². The van der Waals surface area contributed by atoms with Crippen LogP contribution in [0, 0.1) is 0 Å². The van der Waals surface area contributed by atoms with E-state index in [-0.39, 0.29) is 71.4 Å². The third kappa shape index (κ3) is 9.09. The summed E-state index contributed by atoms with van der Waals surface area (Å²) in [6, 6.07) is 14.9. The molecule has 0 amide bonds. The zero-order chi connectivity index (χ0) is 32.2. The molecule has 2 aromatic carbocycles. The topological polar surface area (TPSA) is 172 Å². The molecule has 2 heterocycles. The average Bonchev–Trinajstić information content (AvgIpc) is 3.01. The van der Waals surface area contributed by atoms with Gasteiger partial charge in [0.05, 0.1) is 12.0 Å². The number of sulfonamides is 1. The van der Waals surface area contributed by atoms with Gasteiger partial charge in [-0.3, -0.25) is 9.52 Å². The SMILES string of the molecule is CCO.COc1ccccc1Oc1c(NS(=O)(=O)c2ccc(C(C)(C)C)cc2)nc(-c2ncccn2)nc1OCCOC=O. The molecule has 2 aromatic heterocycles. The number of anilines is 1. The molecular formula is C30H35N5O8S. The second-order valence-corrected chi connectivity index (χ2v) is 11.5. The van der Waals surface area contributed by atoms with Crippen molar-refractivity contribution < 1.29 is 37.3 Å². The van der Waals surface area contributed by atoms with Crippen LogP contribution in [0.4, 0.5) is 5.82 Å². The smallest absolute Gasteiger partial charge is 0.293 e. The Kier molecular flexibility index (Phi) is 11.9. The quantitative estimate of drug-likeness (QED) is 0.168. The number of aliphatic hydroxyl groups is 1. The molecule has 13 nitrogen and oxygen atoms in total. The van der Waals surface area contributed by atoms with E-state index in [0.29, 0.717) is 5.75 Å². The predicted molar refractivity (Wildman–Crippen MR) is 162 cm³/mol. The number of rotatable bonds is 12. The summed E-state index contributed by atoms with van der Waals surface area (Å²) in [7, 11) is -2.70. The van der Waals surface area contributed by atoms with Crippen LogP contribution < -0.4 is 18.9 Å². The van der Waals surface area contributed by atoms with Gasteiger partial charge in [0, 0.05) is 19.0 Å². The Morgan fingerprint density at radius 3 is 2.14 bits per heavy atom. The molecule has 0 saturated heterocycles. The van der Waals surface area contributed by atoms with E-state index in [1.54, 1.807) is 49.4 Å². The maximum atomic E-state index is 13.6. The molecule has 0 bridgehead atoms. The van der Waals surface area contributed by atoms with Crippen molar-refractivity contribution in [2.45, 2.75) is 38.0 Å². The molecule has 14 heteroatoms. The maximum Gasteiger partial charge on any atom is 0.293 e. The van der Waals surface area contributed by atoms with Crippen LogP contribution in [-0.4, -0.2) is 66.9 Å². The molecule has 2 N–H and O–H groups in total. The van der Waals surface area contributed by atoms with Gasteiger partial charge >= 0.3 is 0 Å². The predicted octanol–water partition coefficient (Wildman–Crippen LogP) is 4.38. The number of aromatic nitrogens is 4. The Balaban J connectivity index is 0.00000169. The van der Waals surface area contributed by atoms with Crippen LogP contribution in [0.15, 0.2) is 71.9 Å². The summed E-state index contributed by atoms with van der Waals surface area (Å²) in [5, 5.41) is 7.57. The van der Waals surface area contributed by atoms with Crippen molar-refractivity contribution >= 4 is 22.3 Å². The summed E-state index contributed by atoms with van der Waals surface area (Å²) in [5.74, 6) is 0.139. The van der Waals surface area contributed by atoms with E-state index in [2.05, 4.69) is 24.7 Å². The van der Waals surface area contributed by atoms with Crippen molar-refractivity contribution in [3.63, 3.8) is 0 Å². The Labute approximate surface area is 256 Å². The van der Waals surface area contributed by atoms with Crippen molar-refractivity contribution in [3.05, 3.63) is 72.6 Å². The number of hydrogen-bond donors (Lipinski definition) is 2. The third-order valence-electron chi connectivity index (χ3n) is 5.65. The van der Waals surface area contributed by atoms with E-state index < -0.39 is 10.0 Å². The van der Waals surface area contributed by atoms with Gasteiger partial charge in [0.25, 0.3) is 22.4 Å². The summed E-state index contributed by atoms with van der Waals surface area (Å²) in [6.45, 7) is 8.10. The third-order valence-corrected chi connectivity index (χ3v) is 7.01. The standard InChI is InChI=1S/C28H29N5O7S.C2H6O/c1-28(2,3)19-10-12-20(13-11-19)41(35,36)33-24-23(40-22-9-6-5-8-21(22)37-4)27(39-17-16-38-18-34)32-26(31-24)25-29-14-7-15-30-25;1-2-3/h5-15,18H,16-17H2,1-4H3,(H,31,32,33);3H,2H2,1H3. The number of nitrogens with zero attached hydrogens (tertiary/aromatic N) is 4. The molecule has 0 aliphatic heterocycles. The number of benzene rings is 2. The molecule has 4 aromatic rings. The Hall–Kier alpha value is -4.82. The Bertz CT molecular complexity index is 1610. The van der Waals surface area contributed by atoms with Gasteiger partial charge in [-0.15, -0.1) is 0 Å². The fourth-order valence-electron chi connectivity index (χ4n) is 3.57. The number of methoxy groups -OCH3 is 1. The van der Waals surface area contributed by atoms with E-state index in [1.165, 1.54) is 31.6 Å². The van der Waals surface area contributed by atoms with Crippen LogP contribution in [-0.2, 0) is 25.0 Å². The maximum absolute atomic E-state index is 13.6. The number of hydrogen-bond acceptors (Lipinski definition) is 12. The summed E-state index contributed by atoms with van der Waals surface area (Å²) >= 11 is 0. The van der Waals surface area contributed by atoms with Gasteiger partial charge in [-0.05, 0) is 48.2 Å². The van der Waals surface area contributed by atoms with Gasteiger partial charge in [0.15, 0.2) is 23.1 Å². The van der Waals surface area contributed by atoms with Crippen LogP contribution in [0.2, 0.25) is 0 Å². The lowest BCUT2D eigenvalue weighted by Crippen LogP contribution is -2.17. The average molecular weight is 626 g/mol. The van der Waals surface area contributed by atoms with Crippen molar-refractivity contribution in [1.29, 1.82) is 0 Å². The van der Waals surface area contributed by atoms with E-state index >= 15 is 0 Å². The molecule has 234 valence electrons. The summed E-state index contributed by atoms with van der Waals surface area (Å²) in [5.41, 5.74) is 0.804. The molecule has 0 aliphatic carbocycles. The van der Waals surface area contributed by atoms with E-state index in [4.69, 9.17) is 24.1 Å². The first kappa shape index (κ1) is 33.7. The number of carbonyl (C=O) groups excluding carboxylic acids is 1. The molecule has 0 atom stereocenters. The highest BCUT2D eigenvalue weighted by Gasteiger charge is 2.26. The zero-order valence-electron chi connectivity index (χ0n) is 25.1. The van der Waals surface area contributed by atoms with Gasteiger partial charge in [0.2, 0.25) is 11.6 Å². The fraction of sp³-hybridized carbons (Fsp3) is 0.300. The molecular weight excluding hydrogens is 590 g/mol. The van der Waals surface area contributed by atoms with Gasteiger partial charge in [-0.25, -0.2) is 23.4 Å². The monoisotopic (exact) mass is 625 g/mol. The molecule has 44 heavy (non-hydrogen) atoms. The number of nitrogens with one attached hydrogen (secondary N) is 1. The summed E-state index contributed by atoms with van der Waals surface area (Å²) in [4.78, 5) is 27.8. The van der Waals surface area contributed by atoms with Crippen LogP contribution in [0.25, 0.3) is 11.6 Å². The first-order valence-corrected chi connectivity index (χ1v) is 14.9. The molecule has 4 rings (SSSR count). The minimum absolute atomic E-state index is 0.00622. The number of aliphatic hydroxyl groups excluding tert-OH is 1. The first-order chi connectivity index (χ1) is 21.0. The van der Waals surface area contributed by atoms with Crippen molar-refractivity contribution in [2.75, 3.05) is 31.7 Å². The Morgan fingerprint density at radius 1 is 0.909 bits per heavy atom. The lowest BCUT2D eigenvalue weighted by atomic mass is 9.87. The molecule has 0 spiro atoms. The normalized spacial score (nSPS) is 11.0. The lowest BCUT2D eigenvalue weighted by molar-refractivity contribution is -0.129. The summed E-state index contributed by atoms with van der Waals surface area (Å²) < 4.78 is 51.6. The van der Waals surface area contributed by atoms with Crippen molar-refractivity contribution in [2.24, 2.45) is 0 Å². The fourth-order valence-corrected chi connectivity index (χ4v) is 4.58. The van der Waals surface area contributed by atoms with E-state index in [1.807, 2.05) is 20.8 Å². The van der Waals surface area contributed by atoms with Crippen LogP contribution in [0.1, 0.15) is 33.3 Å². The minimum Gasteiger partial charge on any atom is -0.493 e. The van der Waals surface area contributed by atoms with Crippen LogP contribution >= 0.6 is 0 Å². The second-order valence-electron chi connectivity index (χ2n) is 9.87. The lowest BCUT2D eigenvalue weighted by Gasteiger charge is -2.20. The highest BCUT2D eigenvalue weighted by molar-refractivity contribution is 7.92. The van der Waals surface area contributed by atoms with Gasteiger partial charge in [-0.1, -0.05) is 45.0 Å². The number of para-hydroxylation sites is 2. The highest BCUT2D eigenvalue weighted by atomic mass is 32.2. The van der Waals surface area contributed by atoms with Crippen LogP contribution in [0.3, 0.4) is 0 Å².